The van der Waals surface area contributed by atoms with Crippen LogP contribution in [0.15, 0.2) is 0 Å². The number of epoxide rings is 1. The molecule has 0 N–H and O–H groups in total. The maximum absolute atomic E-state index is 5.76. The Bertz CT molecular complexity index is 183. The molecule has 2 nitrogen and oxygen atoms in total. The number of fused-ring (bicyclic) bond motifs is 1. The van der Waals surface area contributed by atoms with Gasteiger partial charge in [0.2, 0.25) is 0 Å². The van der Waals surface area contributed by atoms with E-state index in [9.17, 15) is 0 Å². The maximum Gasteiger partial charge on any atom is 0.0999 e. The number of hydrogen-bond acceptors (Lipinski definition) is 2. The Labute approximate surface area is 81.3 Å². The Hall–Kier alpha value is -0.0800. The number of likely N-dealkylation sites (N-methyl/N-ethyl adjacent to an activating group) is 1. The van der Waals surface area contributed by atoms with E-state index in [2.05, 4.69) is 25.8 Å². The lowest BCUT2D eigenvalue weighted by Crippen LogP contribution is -2.36. The molecule has 0 aromatic carbocycles. The van der Waals surface area contributed by atoms with Gasteiger partial charge in [0.1, 0.15) is 0 Å². The summed E-state index contributed by atoms with van der Waals surface area (Å²) in [4.78, 5) is 2.45. The average molecular weight is 183 g/mol. The first-order chi connectivity index (χ1) is 6.24. The third kappa shape index (κ3) is 1.75. The van der Waals surface area contributed by atoms with Crippen LogP contribution in [0.2, 0.25) is 0 Å². The Morgan fingerprint density at radius 3 is 2.77 bits per heavy atom. The topological polar surface area (TPSA) is 15.8 Å². The summed E-state index contributed by atoms with van der Waals surface area (Å²) in [7, 11) is 2.22. The largest absolute Gasteiger partial charge is 0.368 e. The van der Waals surface area contributed by atoms with Gasteiger partial charge in [-0.25, -0.2) is 0 Å². The molecule has 2 fully saturated rings. The predicted molar refractivity (Wildman–Crippen MR) is 53.8 cm³/mol. The van der Waals surface area contributed by atoms with Crippen molar-refractivity contribution in [1.82, 2.24) is 4.90 Å². The fraction of sp³-hybridized carbons (Fsp3) is 1.00. The lowest BCUT2D eigenvalue weighted by Gasteiger charge is -2.24. The summed E-state index contributed by atoms with van der Waals surface area (Å²) < 4.78 is 5.76. The minimum Gasteiger partial charge on any atom is -0.368 e. The quantitative estimate of drug-likeness (QED) is 0.608. The fourth-order valence-electron chi connectivity index (χ4n) is 2.59. The van der Waals surface area contributed by atoms with Crippen LogP contribution in [0.3, 0.4) is 0 Å². The number of hydrogen-bond donors (Lipinski definition) is 0. The molecule has 0 spiro atoms. The van der Waals surface area contributed by atoms with Crippen LogP contribution in [0.25, 0.3) is 0 Å². The molecular weight excluding hydrogens is 162 g/mol. The number of ether oxygens (including phenoxy) is 1. The third-order valence-electron chi connectivity index (χ3n) is 3.73. The van der Waals surface area contributed by atoms with E-state index in [0.717, 1.165) is 12.5 Å². The van der Waals surface area contributed by atoms with E-state index in [1.807, 2.05) is 0 Å². The lowest BCUT2D eigenvalue weighted by molar-refractivity contribution is 0.181. The second-order valence-corrected chi connectivity index (χ2v) is 4.61. The van der Waals surface area contributed by atoms with E-state index < -0.39 is 0 Å². The van der Waals surface area contributed by atoms with E-state index in [0.29, 0.717) is 18.2 Å². The van der Waals surface area contributed by atoms with Crippen molar-refractivity contribution in [1.29, 1.82) is 0 Å². The van der Waals surface area contributed by atoms with Gasteiger partial charge >= 0.3 is 0 Å². The summed E-state index contributed by atoms with van der Waals surface area (Å²) >= 11 is 0. The molecule has 1 heterocycles. The van der Waals surface area contributed by atoms with Gasteiger partial charge < -0.3 is 9.64 Å². The van der Waals surface area contributed by atoms with E-state index in [-0.39, 0.29) is 0 Å². The SMILES string of the molecule is CCN(C)C1CCCC(C)C2OC21. The minimum atomic E-state index is 0.558. The van der Waals surface area contributed by atoms with Crippen molar-refractivity contribution in [3.8, 4) is 0 Å². The Balaban J connectivity index is 1.98. The smallest absolute Gasteiger partial charge is 0.0999 e. The first kappa shape index (κ1) is 9.47. The molecule has 1 saturated heterocycles. The van der Waals surface area contributed by atoms with Crippen LogP contribution in [0.1, 0.15) is 33.1 Å². The van der Waals surface area contributed by atoms with E-state index in [4.69, 9.17) is 4.74 Å². The van der Waals surface area contributed by atoms with Crippen LogP contribution >= 0.6 is 0 Å². The van der Waals surface area contributed by atoms with Crippen molar-refractivity contribution >= 4 is 0 Å². The van der Waals surface area contributed by atoms with Crippen LogP contribution < -0.4 is 0 Å². The zero-order chi connectivity index (χ0) is 9.42. The highest BCUT2D eigenvalue weighted by Crippen LogP contribution is 2.40. The van der Waals surface area contributed by atoms with Gasteiger partial charge in [-0.05, 0) is 32.4 Å². The molecule has 1 aliphatic heterocycles. The van der Waals surface area contributed by atoms with Gasteiger partial charge in [0, 0.05) is 6.04 Å². The number of nitrogens with zero attached hydrogens (tertiary/aromatic N) is 1. The standard InChI is InChI=1S/C11H21NO/c1-4-12(3)9-7-5-6-8(2)10-11(9)13-10/h8-11H,4-7H2,1-3H3. The van der Waals surface area contributed by atoms with Crippen molar-refractivity contribution in [3.63, 3.8) is 0 Å². The van der Waals surface area contributed by atoms with Gasteiger partial charge in [0.25, 0.3) is 0 Å². The normalized spacial score (nSPS) is 44.3. The molecule has 2 aliphatic rings. The molecule has 0 bridgehead atoms. The summed E-state index contributed by atoms with van der Waals surface area (Å²) in [5.74, 6) is 0.792. The monoisotopic (exact) mass is 183 g/mol. The molecule has 0 aromatic rings. The molecule has 0 amide bonds. The Morgan fingerprint density at radius 2 is 2.08 bits per heavy atom. The second kappa shape index (κ2) is 3.58. The highest BCUT2D eigenvalue weighted by atomic mass is 16.6. The molecule has 4 unspecified atom stereocenters. The van der Waals surface area contributed by atoms with Crippen molar-refractivity contribution in [2.45, 2.75) is 51.4 Å². The Morgan fingerprint density at radius 1 is 1.31 bits per heavy atom. The summed E-state index contributed by atoms with van der Waals surface area (Å²) in [6.45, 7) is 5.70. The minimum absolute atomic E-state index is 0.558. The molecule has 0 radical (unpaired) electrons. The molecule has 1 saturated carbocycles. The first-order valence-corrected chi connectivity index (χ1v) is 5.59. The molecule has 0 aromatic heterocycles. The lowest BCUT2D eigenvalue weighted by atomic mass is 10.0. The van der Waals surface area contributed by atoms with Crippen LogP contribution in [-0.2, 0) is 4.74 Å². The van der Waals surface area contributed by atoms with Gasteiger partial charge in [0.15, 0.2) is 0 Å². The van der Waals surface area contributed by atoms with Crippen LogP contribution in [0.5, 0.6) is 0 Å². The van der Waals surface area contributed by atoms with Crippen molar-refractivity contribution in [2.24, 2.45) is 5.92 Å². The third-order valence-corrected chi connectivity index (χ3v) is 3.73. The van der Waals surface area contributed by atoms with Crippen molar-refractivity contribution in [2.75, 3.05) is 13.6 Å². The summed E-state index contributed by atoms with van der Waals surface area (Å²) in [5, 5.41) is 0. The highest BCUT2D eigenvalue weighted by Gasteiger charge is 2.49. The molecule has 76 valence electrons. The molecular formula is C11H21NO. The highest BCUT2D eigenvalue weighted by molar-refractivity contribution is 4.99. The first-order valence-electron chi connectivity index (χ1n) is 5.59. The average Bonchev–Trinajstić information content (AvgIpc) is 2.89. The van der Waals surface area contributed by atoms with Crippen LogP contribution in [-0.4, -0.2) is 36.7 Å². The Kier molecular flexibility index (Phi) is 2.61. The van der Waals surface area contributed by atoms with Crippen molar-refractivity contribution < 1.29 is 4.74 Å². The van der Waals surface area contributed by atoms with E-state index in [1.165, 1.54) is 19.3 Å². The van der Waals surface area contributed by atoms with Crippen LogP contribution in [0.4, 0.5) is 0 Å². The second-order valence-electron chi connectivity index (χ2n) is 4.61. The molecule has 4 atom stereocenters. The van der Waals surface area contributed by atoms with Crippen molar-refractivity contribution in [3.05, 3.63) is 0 Å². The molecule has 2 rings (SSSR count). The number of rotatable bonds is 2. The summed E-state index contributed by atoms with van der Waals surface area (Å²) in [6.07, 6.45) is 5.21. The van der Waals surface area contributed by atoms with Gasteiger partial charge in [-0.3, -0.25) is 0 Å². The summed E-state index contributed by atoms with van der Waals surface area (Å²) in [6, 6.07) is 0.694. The molecule has 2 heteroatoms. The zero-order valence-corrected chi connectivity index (χ0v) is 8.99. The van der Waals surface area contributed by atoms with E-state index in [1.54, 1.807) is 0 Å². The van der Waals surface area contributed by atoms with Gasteiger partial charge in [-0.1, -0.05) is 20.3 Å². The zero-order valence-electron chi connectivity index (χ0n) is 8.99. The maximum atomic E-state index is 5.76. The fourth-order valence-corrected chi connectivity index (χ4v) is 2.59. The molecule has 13 heavy (non-hydrogen) atoms. The van der Waals surface area contributed by atoms with Gasteiger partial charge in [-0.2, -0.15) is 0 Å². The van der Waals surface area contributed by atoms with E-state index >= 15 is 0 Å². The van der Waals surface area contributed by atoms with Gasteiger partial charge in [0.05, 0.1) is 12.2 Å². The predicted octanol–water partition coefficient (Wildman–Crippen LogP) is 1.89. The molecule has 1 aliphatic carbocycles. The van der Waals surface area contributed by atoms with Gasteiger partial charge in [-0.15, -0.1) is 0 Å². The van der Waals surface area contributed by atoms with Crippen LogP contribution in [0, 0.1) is 5.92 Å². The summed E-state index contributed by atoms with van der Waals surface area (Å²) in [5.41, 5.74) is 0.